The summed E-state index contributed by atoms with van der Waals surface area (Å²) in [5.41, 5.74) is 7.23. The third-order valence-corrected chi connectivity index (χ3v) is 8.25. The first-order valence-corrected chi connectivity index (χ1v) is 14.4. The Balaban J connectivity index is 1.35. The van der Waals surface area contributed by atoms with Crippen LogP contribution in [-0.4, -0.2) is 4.98 Å². The second kappa shape index (κ2) is 9.33. The van der Waals surface area contributed by atoms with Gasteiger partial charge in [0, 0.05) is 28.1 Å². The van der Waals surface area contributed by atoms with E-state index in [1.807, 2.05) is 42.5 Å². The van der Waals surface area contributed by atoms with Gasteiger partial charge in [0.25, 0.3) is 0 Å². The van der Waals surface area contributed by atoms with E-state index < -0.39 is 0 Å². The molecule has 2 heterocycles. The molecule has 0 saturated carbocycles. The summed E-state index contributed by atoms with van der Waals surface area (Å²) in [5, 5.41) is 6.87. The largest absolute Gasteiger partial charge is 0.456 e. The van der Waals surface area contributed by atoms with Crippen molar-refractivity contribution in [1.82, 2.24) is 4.98 Å². The number of hydrogen-bond donors (Lipinski definition) is 0. The maximum absolute atomic E-state index is 6.48. The fourth-order valence-electron chi connectivity index (χ4n) is 6.32. The van der Waals surface area contributed by atoms with Crippen molar-refractivity contribution in [1.29, 1.82) is 0 Å². The number of benzene rings is 7. The molecule has 2 aromatic heterocycles. The number of anilines is 3. The zero-order chi connectivity index (χ0) is 28.3. The molecule has 9 aromatic rings. The highest BCUT2D eigenvalue weighted by molar-refractivity contribution is 6.19. The first-order valence-electron chi connectivity index (χ1n) is 14.4. The Morgan fingerprint density at radius 1 is 0.465 bits per heavy atom. The van der Waals surface area contributed by atoms with E-state index in [1.54, 1.807) is 0 Å². The van der Waals surface area contributed by atoms with E-state index in [0.29, 0.717) is 11.5 Å². The number of para-hydroxylation sites is 1. The highest BCUT2D eigenvalue weighted by atomic mass is 16.4. The van der Waals surface area contributed by atoms with Crippen molar-refractivity contribution in [2.24, 2.45) is 0 Å². The molecule has 0 N–H and O–H groups in total. The minimum Gasteiger partial charge on any atom is -0.456 e. The van der Waals surface area contributed by atoms with Crippen LogP contribution in [0, 0.1) is 0 Å². The lowest BCUT2D eigenvalue weighted by atomic mass is 9.98. The molecule has 7 aromatic carbocycles. The van der Waals surface area contributed by atoms with Crippen molar-refractivity contribution in [3.63, 3.8) is 0 Å². The zero-order valence-electron chi connectivity index (χ0n) is 23.1. The molecule has 0 fully saturated rings. The lowest BCUT2D eigenvalue weighted by molar-refractivity contribution is 0.617. The van der Waals surface area contributed by atoms with Gasteiger partial charge in [0.2, 0.25) is 5.89 Å². The quantitative estimate of drug-likeness (QED) is 0.204. The number of aromatic nitrogens is 1. The van der Waals surface area contributed by atoms with Gasteiger partial charge in [-0.25, -0.2) is 4.98 Å². The van der Waals surface area contributed by atoms with Crippen LogP contribution in [0.1, 0.15) is 0 Å². The minimum absolute atomic E-state index is 0.598. The molecule has 0 radical (unpaired) electrons. The molecule has 43 heavy (non-hydrogen) atoms. The Kier molecular flexibility index (Phi) is 5.16. The van der Waals surface area contributed by atoms with E-state index >= 15 is 0 Å². The first-order chi connectivity index (χ1) is 21.3. The van der Waals surface area contributed by atoms with E-state index in [2.05, 4.69) is 108 Å². The number of rotatable bonds is 4. The lowest BCUT2D eigenvalue weighted by Gasteiger charge is -2.28. The third-order valence-electron chi connectivity index (χ3n) is 8.25. The van der Waals surface area contributed by atoms with E-state index in [-0.39, 0.29) is 0 Å². The number of oxazole rings is 1. The van der Waals surface area contributed by atoms with Gasteiger partial charge < -0.3 is 13.7 Å². The third kappa shape index (κ3) is 3.74. The Morgan fingerprint density at radius 3 is 2.02 bits per heavy atom. The first kappa shape index (κ1) is 23.8. The molecular formula is C39H24N2O2. The highest BCUT2D eigenvalue weighted by Gasteiger charge is 2.22. The number of nitrogens with zero attached hydrogens (tertiary/aromatic N) is 2. The number of furan rings is 1. The van der Waals surface area contributed by atoms with Crippen LogP contribution in [0.3, 0.4) is 0 Å². The molecule has 0 aliphatic rings. The van der Waals surface area contributed by atoms with Gasteiger partial charge in [0.15, 0.2) is 5.58 Å². The number of fused-ring (bicyclic) bond motifs is 7. The van der Waals surface area contributed by atoms with Crippen molar-refractivity contribution >= 4 is 71.6 Å². The second-order valence-corrected chi connectivity index (χ2v) is 10.8. The second-order valence-electron chi connectivity index (χ2n) is 10.8. The summed E-state index contributed by atoms with van der Waals surface area (Å²) in [6.07, 6.45) is 0. The molecule has 202 valence electrons. The predicted octanol–water partition coefficient (Wildman–Crippen LogP) is 11.2. The summed E-state index contributed by atoms with van der Waals surface area (Å²) >= 11 is 0. The molecular weight excluding hydrogens is 528 g/mol. The molecule has 0 aliphatic heterocycles. The van der Waals surface area contributed by atoms with E-state index in [1.165, 1.54) is 21.5 Å². The fourth-order valence-corrected chi connectivity index (χ4v) is 6.32. The van der Waals surface area contributed by atoms with Gasteiger partial charge in [-0.05, 0) is 64.7 Å². The van der Waals surface area contributed by atoms with Crippen LogP contribution in [0.4, 0.5) is 17.1 Å². The fraction of sp³-hybridized carbons (Fsp3) is 0. The molecule has 0 unspecified atom stereocenters. The molecule has 9 rings (SSSR count). The average molecular weight is 553 g/mol. The van der Waals surface area contributed by atoms with Gasteiger partial charge in [0.05, 0.1) is 16.8 Å². The normalized spacial score (nSPS) is 11.7. The average Bonchev–Trinajstić information content (AvgIpc) is 3.65. The van der Waals surface area contributed by atoms with Gasteiger partial charge in [-0.15, -0.1) is 0 Å². The minimum atomic E-state index is 0.598. The zero-order valence-corrected chi connectivity index (χ0v) is 23.1. The monoisotopic (exact) mass is 552 g/mol. The summed E-state index contributed by atoms with van der Waals surface area (Å²) in [5.74, 6) is 0.598. The van der Waals surface area contributed by atoms with Crippen LogP contribution in [-0.2, 0) is 0 Å². The van der Waals surface area contributed by atoms with Crippen molar-refractivity contribution in [3.05, 3.63) is 146 Å². The highest BCUT2D eigenvalue weighted by Crippen LogP contribution is 2.46. The molecule has 0 aliphatic carbocycles. The Labute approximate surface area is 247 Å². The molecule has 0 saturated heterocycles. The van der Waals surface area contributed by atoms with Gasteiger partial charge >= 0.3 is 0 Å². The molecule has 0 atom stereocenters. The maximum atomic E-state index is 6.48. The molecule has 4 heteroatoms. The van der Waals surface area contributed by atoms with Gasteiger partial charge in [-0.1, -0.05) is 91.0 Å². The van der Waals surface area contributed by atoms with Crippen molar-refractivity contribution in [2.45, 2.75) is 0 Å². The topological polar surface area (TPSA) is 42.4 Å². The Morgan fingerprint density at radius 2 is 1.19 bits per heavy atom. The maximum Gasteiger partial charge on any atom is 0.227 e. The van der Waals surface area contributed by atoms with E-state index in [4.69, 9.17) is 13.8 Å². The van der Waals surface area contributed by atoms with Crippen LogP contribution in [0.25, 0.3) is 66.0 Å². The Hall–Kier alpha value is -5.87. The van der Waals surface area contributed by atoms with E-state index in [9.17, 15) is 0 Å². The van der Waals surface area contributed by atoms with Crippen LogP contribution >= 0.6 is 0 Å². The summed E-state index contributed by atoms with van der Waals surface area (Å²) < 4.78 is 12.7. The SMILES string of the molecule is c1ccc(-c2nc3cc4c(cc3o2)oc2cccc(N(c3ccccc3)c3cc5ccccc5c5ccccc35)c24)cc1. The van der Waals surface area contributed by atoms with Crippen LogP contribution in [0.15, 0.2) is 154 Å². The van der Waals surface area contributed by atoms with Gasteiger partial charge in [-0.3, -0.25) is 0 Å². The molecule has 0 bridgehead atoms. The van der Waals surface area contributed by atoms with E-state index in [0.717, 1.165) is 50.1 Å². The standard InChI is InChI=1S/C39H24N2O2/c1-3-12-25(13-4-1)39-40-32-23-31-36(24-37(32)43-39)42-35-21-11-20-33(38(31)35)41(27-15-5-2-6-16-27)34-22-26-14-7-8-17-28(26)29-18-9-10-19-30(29)34/h1-24H. The predicted molar refractivity (Wildman–Crippen MR) is 176 cm³/mol. The lowest BCUT2D eigenvalue weighted by Crippen LogP contribution is -2.11. The molecule has 4 nitrogen and oxygen atoms in total. The molecule has 0 amide bonds. The Bertz CT molecular complexity index is 2460. The van der Waals surface area contributed by atoms with Gasteiger partial charge in [-0.2, -0.15) is 0 Å². The van der Waals surface area contributed by atoms with Crippen molar-refractivity contribution in [2.75, 3.05) is 4.90 Å². The van der Waals surface area contributed by atoms with Crippen LogP contribution in [0.2, 0.25) is 0 Å². The summed E-state index contributed by atoms with van der Waals surface area (Å²) in [6, 6.07) is 50.4. The van der Waals surface area contributed by atoms with Gasteiger partial charge in [0.1, 0.15) is 16.7 Å². The molecule has 0 spiro atoms. The van der Waals surface area contributed by atoms with Crippen LogP contribution in [0.5, 0.6) is 0 Å². The van der Waals surface area contributed by atoms with Crippen LogP contribution < -0.4 is 4.90 Å². The summed E-state index contributed by atoms with van der Waals surface area (Å²) in [7, 11) is 0. The smallest absolute Gasteiger partial charge is 0.227 e. The number of hydrogen-bond acceptors (Lipinski definition) is 4. The van der Waals surface area contributed by atoms with Crippen molar-refractivity contribution < 1.29 is 8.83 Å². The summed E-state index contributed by atoms with van der Waals surface area (Å²) in [4.78, 5) is 7.22. The van der Waals surface area contributed by atoms with Crippen molar-refractivity contribution in [3.8, 4) is 11.5 Å². The summed E-state index contributed by atoms with van der Waals surface area (Å²) in [6.45, 7) is 0.